The summed E-state index contributed by atoms with van der Waals surface area (Å²) in [6.45, 7) is 3.53. The van der Waals surface area contributed by atoms with Gasteiger partial charge < -0.3 is 9.47 Å². The van der Waals surface area contributed by atoms with Gasteiger partial charge in [0.25, 0.3) is 5.56 Å². The number of ether oxygens (including phenoxy) is 2. The summed E-state index contributed by atoms with van der Waals surface area (Å²) in [5, 5.41) is 5.19. The molecule has 0 aromatic carbocycles. The summed E-state index contributed by atoms with van der Waals surface area (Å²) in [5.41, 5.74) is -1.27. The zero-order valence-electron chi connectivity index (χ0n) is 14.9. The number of rotatable bonds is 7. The van der Waals surface area contributed by atoms with Crippen molar-refractivity contribution in [3.05, 3.63) is 26.9 Å². The van der Waals surface area contributed by atoms with E-state index in [0.29, 0.717) is 0 Å². The molecule has 1 heterocycles. The quantitative estimate of drug-likeness (QED) is 0.365. The molecule has 10 nitrogen and oxygen atoms in total. The highest BCUT2D eigenvalue weighted by atomic mass is 16.5. The Bertz CT molecular complexity index is 792. The van der Waals surface area contributed by atoms with Crippen LogP contribution in [0.5, 0.6) is 0 Å². The van der Waals surface area contributed by atoms with Crippen molar-refractivity contribution in [2.45, 2.75) is 20.3 Å². The number of carbonyl (C=O) groups is 2. The van der Waals surface area contributed by atoms with E-state index in [9.17, 15) is 19.2 Å². The lowest BCUT2D eigenvalue weighted by molar-refractivity contribution is -0.143. The van der Waals surface area contributed by atoms with Crippen LogP contribution >= 0.6 is 0 Å². The van der Waals surface area contributed by atoms with Crippen LogP contribution in [-0.2, 0) is 33.2 Å². The van der Waals surface area contributed by atoms with Gasteiger partial charge >= 0.3 is 17.6 Å². The van der Waals surface area contributed by atoms with Crippen LogP contribution in [0.4, 0.5) is 5.82 Å². The Morgan fingerprint density at radius 2 is 1.72 bits per heavy atom. The van der Waals surface area contributed by atoms with E-state index in [1.54, 1.807) is 13.8 Å². The zero-order valence-corrected chi connectivity index (χ0v) is 14.9. The van der Waals surface area contributed by atoms with Crippen molar-refractivity contribution in [2.24, 2.45) is 19.2 Å². The molecule has 10 heteroatoms. The van der Waals surface area contributed by atoms with Crippen LogP contribution in [-0.4, -0.2) is 47.0 Å². The molecule has 0 amide bonds. The first-order valence-electron chi connectivity index (χ1n) is 7.63. The molecule has 0 aliphatic heterocycles. The van der Waals surface area contributed by atoms with Gasteiger partial charge in [-0.25, -0.2) is 9.59 Å². The molecule has 0 atom stereocenters. The van der Waals surface area contributed by atoms with Gasteiger partial charge in [0, 0.05) is 27.2 Å². The van der Waals surface area contributed by atoms with E-state index in [2.05, 4.69) is 5.10 Å². The molecule has 0 unspecified atom stereocenters. The average Bonchev–Trinajstić information content (AvgIpc) is 2.55. The molecular formula is C15H22N4O6. The molecule has 0 bridgehead atoms. The minimum absolute atomic E-state index is 0.106. The average molecular weight is 354 g/mol. The second-order valence-electron chi connectivity index (χ2n) is 5.01. The molecular weight excluding hydrogens is 332 g/mol. The van der Waals surface area contributed by atoms with Crippen molar-refractivity contribution in [3.8, 4) is 0 Å². The molecule has 0 N–H and O–H groups in total. The van der Waals surface area contributed by atoms with Gasteiger partial charge in [0.05, 0.1) is 19.6 Å². The van der Waals surface area contributed by atoms with Crippen molar-refractivity contribution < 1.29 is 19.1 Å². The summed E-state index contributed by atoms with van der Waals surface area (Å²) in [7, 11) is 4.25. The van der Waals surface area contributed by atoms with Gasteiger partial charge in [-0.1, -0.05) is 0 Å². The van der Waals surface area contributed by atoms with Crippen LogP contribution in [0.1, 0.15) is 20.3 Å². The maximum atomic E-state index is 12.0. The Morgan fingerprint density at radius 3 is 2.28 bits per heavy atom. The number of nitrogens with zero attached hydrogens (tertiary/aromatic N) is 4. The van der Waals surface area contributed by atoms with Crippen LogP contribution in [0, 0.1) is 0 Å². The highest BCUT2D eigenvalue weighted by Gasteiger charge is 2.20. The number of esters is 2. The standard InChI is InChI=1S/C15H22N4O6/c1-6-24-13(21)8-10(14(22)25-7-2)16-19(5)11-9-12(20)18(4)15(23)17(11)3/h9H,6-8H2,1-5H3/b16-10+. The Labute approximate surface area is 144 Å². The zero-order chi connectivity index (χ0) is 19.1. The van der Waals surface area contributed by atoms with Gasteiger partial charge in [-0.3, -0.25) is 23.7 Å². The van der Waals surface area contributed by atoms with Gasteiger partial charge in [-0.05, 0) is 13.8 Å². The predicted molar refractivity (Wildman–Crippen MR) is 90.6 cm³/mol. The van der Waals surface area contributed by atoms with Crippen molar-refractivity contribution in [1.82, 2.24) is 9.13 Å². The van der Waals surface area contributed by atoms with Crippen LogP contribution < -0.4 is 16.3 Å². The minimum Gasteiger partial charge on any atom is -0.466 e. The summed E-state index contributed by atoms with van der Waals surface area (Å²) in [6.07, 6.45) is -0.393. The van der Waals surface area contributed by atoms with E-state index < -0.39 is 29.6 Å². The smallest absolute Gasteiger partial charge is 0.355 e. The van der Waals surface area contributed by atoms with Gasteiger partial charge in [0.2, 0.25) is 0 Å². The lowest BCUT2D eigenvalue weighted by atomic mass is 10.3. The van der Waals surface area contributed by atoms with Gasteiger partial charge in [0.15, 0.2) is 5.71 Å². The van der Waals surface area contributed by atoms with E-state index in [4.69, 9.17) is 9.47 Å². The number of aromatic nitrogens is 2. The fourth-order valence-corrected chi connectivity index (χ4v) is 1.98. The fraction of sp³-hybridized carbons (Fsp3) is 0.533. The Balaban J connectivity index is 3.28. The number of hydrazone groups is 1. The minimum atomic E-state index is -0.781. The maximum absolute atomic E-state index is 12.0. The third-order valence-corrected chi connectivity index (χ3v) is 3.23. The highest BCUT2D eigenvalue weighted by molar-refractivity contribution is 6.39. The molecule has 1 rings (SSSR count). The Kier molecular flexibility index (Phi) is 7.09. The first-order valence-corrected chi connectivity index (χ1v) is 7.63. The van der Waals surface area contributed by atoms with Crippen LogP contribution in [0.3, 0.4) is 0 Å². The number of hydrogen-bond donors (Lipinski definition) is 0. The first-order chi connectivity index (χ1) is 11.7. The summed E-state index contributed by atoms with van der Waals surface area (Å²) in [4.78, 5) is 47.5. The molecule has 138 valence electrons. The van der Waals surface area contributed by atoms with E-state index in [1.165, 1.54) is 31.8 Å². The lowest BCUT2D eigenvalue weighted by Crippen LogP contribution is -2.39. The second kappa shape index (κ2) is 8.81. The predicted octanol–water partition coefficient (Wildman–Crippen LogP) is -0.607. The molecule has 0 fully saturated rings. The lowest BCUT2D eigenvalue weighted by Gasteiger charge is -2.18. The molecule has 0 aliphatic rings. The molecule has 1 aromatic heterocycles. The van der Waals surface area contributed by atoms with Crippen molar-refractivity contribution >= 4 is 23.5 Å². The summed E-state index contributed by atoms with van der Waals surface area (Å²) < 4.78 is 11.8. The molecule has 1 aromatic rings. The second-order valence-corrected chi connectivity index (χ2v) is 5.01. The normalized spacial score (nSPS) is 11.2. The van der Waals surface area contributed by atoms with Crippen molar-refractivity contribution in [2.75, 3.05) is 25.3 Å². The van der Waals surface area contributed by atoms with Gasteiger partial charge in [-0.15, -0.1) is 0 Å². The molecule has 0 spiro atoms. The number of anilines is 1. The third-order valence-electron chi connectivity index (χ3n) is 3.23. The van der Waals surface area contributed by atoms with E-state index in [1.807, 2.05) is 0 Å². The molecule has 25 heavy (non-hydrogen) atoms. The van der Waals surface area contributed by atoms with E-state index >= 15 is 0 Å². The molecule has 0 radical (unpaired) electrons. The van der Waals surface area contributed by atoms with Crippen LogP contribution in [0.25, 0.3) is 0 Å². The third kappa shape index (κ3) is 5.03. The van der Waals surface area contributed by atoms with Crippen LogP contribution in [0.2, 0.25) is 0 Å². The topological polar surface area (TPSA) is 112 Å². The maximum Gasteiger partial charge on any atom is 0.355 e. The van der Waals surface area contributed by atoms with Crippen molar-refractivity contribution in [1.29, 1.82) is 0 Å². The summed E-state index contributed by atoms with van der Waals surface area (Å²) in [6, 6.07) is 1.19. The number of carbonyl (C=O) groups excluding carboxylic acids is 2. The number of hydrogen-bond acceptors (Lipinski definition) is 8. The SMILES string of the molecule is CCOC(=O)C/C(=N\N(C)c1cc(=O)n(C)c(=O)n1C)C(=O)OCC. The largest absolute Gasteiger partial charge is 0.466 e. The monoisotopic (exact) mass is 354 g/mol. The fourth-order valence-electron chi connectivity index (χ4n) is 1.98. The van der Waals surface area contributed by atoms with Crippen LogP contribution in [0.15, 0.2) is 20.8 Å². The Morgan fingerprint density at radius 1 is 1.12 bits per heavy atom. The molecule has 0 saturated heterocycles. The first kappa shape index (κ1) is 20.1. The summed E-state index contributed by atoms with van der Waals surface area (Å²) >= 11 is 0. The highest BCUT2D eigenvalue weighted by Crippen LogP contribution is 2.08. The van der Waals surface area contributed by atoms with E-state index in [-0.39, 0.29) is 24.7 Å². The van der Waals surface area contributed by atoms with E-state index in [0.717, 1.165) is 9.58 Å². The molecule has 0 saturated carbocycles. The summed E-state index contributed by atoms with van der Waals surface area (Å²) in [5.74, 6) is -1.27. The van der Waals surface area contributed by atoms with Gasteiger partial charge in [-0.2, -0.15) is 5.10 Å². The molecule has 0 aliphatic carbocycles. The van der Waals surface area contributed by atoms with Crippen molar-refractivity contribution in [3.63, 3.8) is 0 Å². The Hall–Kier alpha value is -2.91. The van der Waals surface area contributed by atoms with Gasteiger partial charge in [0.1, 0.15) is 5.82 Å².